The van der Waals surface area contributed by atoms with Crippen molar-refractivity contribution in [2.24, 2.45) is 0 Å². The van der Waals surface area contributed by atoms with E-state index in [1.54, 1.807) is 0 Å². The summed E-state index contributed by atoms with van der Waals surface area (Å²) in [5.41, 5.74) is 0. The van der Waals surface area contributed by atoms with E-state index in [4.69, 9.17) is 5.11 Å². The van der Waals surface area contributed by atoms with Crippen LogP contribution in [0.1, 0.15) is 25.7 Å². The fourth-order valence-corrected chi connectivity index (χ4v) is 0.693. The van der Waals surface area contributed by atoms with Gasteiger partial charge in [0.1, 0.15) is 0 Å². The average Bonchev–Trinajstić information content (AvgIpc) is 2.08. The number of aliphatic carboxylic acids is 1. The molecule has 0 bridgehead atoms. The maximum atomic E-state index is 11.6. The molecule has 0 aromatic heterocycles. The Morgan fingerprint density at radius 2 is 1.92 bits per heavy atom. The molecule has 0 aliphatic heterocycles. The number of esters is 1. The molecule has 0 saturated carbocycles. The minimum absolute atomic E-state index is 0.0175. The van der Waals surface area contributed by atoms with Crippen LogP contribution in [0.5, 0.6) is 0 Å². The zero-order chi connectivity index (χ0) is 10.1. The maximum Gasteiger partial charge on any atom is 0.305 e. The number of hydrogen-bond donors (Lipinski definition) is 1. The summed E-state index contributed by atoms with van der Waals surface area (Å²) in [6, 6.07) is 0. The predicted octanol–water partition coefficient (Wildman–Crippen LogP) is 1.14. The van der Waals surface area contributed by atoms with E-state index in [0.29, 0.717) is 6.42 Å². The molecule has 0 aliphatic rings. The van der Waals surface area contributed by atoms with Gasteiger partial charge in [0.25, 0.3) is 0 Å². The van der Waals surface area contributed by atoms with Crippen LogP contribution in [0, 0.1) is 0 Å². The number of alkyl halides is 1. The largest absolute Gasteiger partial charge is 0.481 e. The highest BCUT2D eigenvalue weighted by Crippen LogP contribution is 1.96. The molecule has 0 heterocycles. The second-order valence-corrected chi connectivity index (χ2v) is 2.51. The first kappa shape index (κ1) is 11.9. The van der Waals surface area contributed by atoms with Gasteiger partial charge in [-0.25, -0.2) is 0 Å². The predicted molar refractivity (Wildman–Crippen MR) is 43.0 cm³/mol. The first-order chi connectivity index (χ1) is 6.16. The number of halogens is 1. The Hall–Kier alpha value is -1.13. The molecule has 13 heavy (non-hydrogen) atoms. The first-order valence-corrected chi connectivity index (χ1v) is 4.10. The van der Waals surface area contributed by atoms with Crippen molar-refractivity contribution in [1.29, 1.82) is 0 Å². The molecule has 0 spiro atoms. The summed E-state index contributed by atoms with van der Waals surface area (Å²) in [5.74, 6) is -1.39. The standard InChI is InChI=1S/C8H13FO4/c9-5-1-4-8(12)13-6-2-3-7(10)11/h1-6H2,(H,10,11). The fourth-order valence-electron chi connectivity index (χ4n) is 0.693. The number of carbonyl (C=O) groups is 2. The quantitative estimate of drug-likeness (QED) is 0.485. The second kappa shape index (κ2) is 7.52. The Morgan fingerprint density at radius 1 is 1.23 bits per heavy atom. The van der Waals surface area contributed by atoms with Gasteiger partial charge in [0, 0.05) is 12.8 Å². The third kappa shape index (κ3) is 8.78. The minimum atomic E-state index is -0.917. The van der Waals surface area contributed by atoms with Crippen LogP contribution in [0.15, 0.2) is 0 Å². The highest BCUT2D eigenvalue weighted by Gasteiger charge is 2.02. The molecule has 76 valence electrons. The summed E-state index contributed by atoms with van der Waals surface area (Å²) < 4.78 is 16.2. The van der Waals surface area contributed by atoms with E-state index in [1.807, 2.05) is 0 Å². The van der Waals surface area contributed by atoms with Gasteiger partial charge in [0.05, 0.1) is 13.3 Å². The van der Waals surface area contributed by atoms with Crippen molar-refractivity contribution in [1.82, 2.24) is 0 Å². The van der Waals surface area contributed by atoms with E-state index in [-0.39, 0.29) is 25.9 Å². The van der Waals surface area contributed by atoms with Gasteiger partial charge in [-0.15, -0.1) is 0 Å². The molecule has 0 aromatic carbocycles. The summed E-state index contributed by atoms with van der Waals surface area (Å²) in [6.45, 7) is -0.443. The Kier molecular flexibility index (Phi) is 6.86. The van der Waals surface area contributed by atoms with Gasteiger partial charge >= 0.3 is 11.9 Å². The lowest BCUT2D eigenvalue weighted by Crippen LogP contribution is -2.07. The Morgan fingerprint density at radius 3 is 2.46 bits per heavy atom. The lowest BCUT2D eigenvalue weighted by atomic mass is 10.3. The summed E-state index contributed by atoms with van der Waals surface area (Å²) >= 11 is 0. The number of carboxylic acids is 1. The lowest BCUT2D eigenvalue weighted by Gasteiger charge is -2.01. The molecule has 0 aromatic rings. The molecular formula is C8H13FO4. The minimum Gasteiger partial charge on any atom is -0.481 e. The molecule has 0 aliphatic carbocycles. The summed E-state index contributed by atoms with van der Waals surface area (Å²) in [5, 5.41) is 8.23. The molecular weight excluding hydrogens is 179 g/mol. The highest BCUT2D eigenvalue weighted by molar-refractivity contribution is 5.69. The van der Waals surface area contributed by atoms with E-state index < -0.39 is 18.6 Å². The zero-order valence-electron chi connectivity index (χ0n) is 7.29. The molecule has 1 N–H and O–H groups in total. The van der Waals surface area contributed by atoms with E-state index >= 15 is 0 Å². The second-order valence-electron chi connectivity index (χ2n) is 2.51. The Labute approximate surface area is 75.7 Å². The summed E-state index contributed by atoms with van der Waals surface area (Å²) in [4.78, 5) is 20.7. The van der Waals surface area contributed by atoms with Crippen molar-refractivity contribution in [2.45, 2.75) is 25.7 Å². The van der Waals surface area contributed by atoms with Crippen LogP contribution >= 0.6 is 0 Å². The van der Waals surface area contributed by atoms with Gasteiger partial charge < -0.3 is 9.84 Å². The van der Waals surface area contributed by atoms with Gasteiger partial charge in [-0.3, -0.25) is 14.0 Å². The van der Waals surface area contributed by atoms with Crippen LogP contribution < -0.4 is 0 Å². The van der Waals surface area contributed by atoms with Gasteiger partial charge in [-0.05, 0) is 12.8 Å². The van der Waals surface area contributed by atoms with Crippen molar-refractivity contribution >= 4 is 11.9 Å². The third-order valence-corrected chi connectivity index (χ3v) is 1.31. The number of rotatable bonds is 7. The van der Waals surface area contributed by atoms with Crippen molar-refractivity contribution in [3.05, 3.63) is 0 Å². The summed E-state index contributed by atoms with van der Waals surface area (Å²) in [7, 11) is 0. The fraction of sp³-hybridized carbons (Fsp3) is 0.750. The first-order valence-electron chi connectivity index (χ1n) is 4.10. The summed E-state index contributed by atoms with van der Waals surface area (Å²) in [6.07, 6.45) is 0.508. The highest BCUT2D eigenvalue weighted by atomic mass is 19.1. The molecule has 0 fully saturated rings. The van der Waals surface area contributed by atoms with Gasteiger partial charge in [-0.2, -0.15) is 0 Å². The van der Waals surface area contributed by atoms with Gasteiger partial charge in [0.2, 0.25) is 0 Å². The van der Waals surface area contributed by atoms with Crippen LogP contribution in [0.3, 0.4) is 0 Å². The van der Waals surface area contributed by atoms with Crippen molar-refractivity contribution in [2.75, 3.05) is 13.3 Å². The maximum absolute atomic E-state index is 11.6. The molecule has 0 atom stereocenters. The molecule has 0 saturated heterocycles. The average molecular weight is 192 g/mol. The number of carboxylic acid groups (broad SMARTS) is 1. The number of carbonyl (C=O) groups excluding carboxylic acids is 1. The molecule has 4 nitrogen and oxygen atoms in total. The normalized spacial score (nSPS) is 9.62. The Balaban J connectivity index is 3.22. The third-order valence-electron chi connectivity index (χ3n) is 1.31. The smallest absolute Gasteiger partial charge is 0.305 e. The SMILES string of the molecule is O=C(O)CCCOC(=O)CCCF. The van der Waals surface area contributed by atoms with Gasteiger partial charge in [-0.1, -0.05) is 0 Å². The Bertz CT molecular complexity index is 170. The van der Waals surface area contributed by atoms with Crippen LogP contribution in [0.25, 0.3) is 0 Å². The van der Waals surface area contributed by atoms with Crippen molar-refractivity contribution < 1.29 is 23.8 Å². The lowest BCUT2D eigenvalue weighted by molar-refractivity contribution is -0.145. The van der Waals surface area contributed by atoms with E-state index in [0.717, 1.165) is 0 Å². The topological polar surface area (TPSA) is 63.6 Å². The van der Waals surface area contributed by atoms with Crippen LogP contribution in [-0.4, -0.2) is 30.3 Å². The molecule has 5 heteroatoms. The van der Waals surface area contributed by atoms with Crippen LogP contribution in [0.2, 0.25) is 0 Å². The van der Waals surface area contributed by atoms with Crippen LogP contribution in [0.4, 0.5) is 4.39 Å². The molecule has 0 unspecified atom stereocenters. The van der Waals surface area contributed by atoms with Crippen molar-refractivity contribution in [3.8, 4) is 0 Å². The van der Waals surface area contributed by atoms with Crippen molar-refractivity contribution in [3.63, 3.8) is 0 Å². The van der Waals surface area contributed by atoms with Gasteiger partial charge in [0.15, 0.2) is 0 Å². The number of hydrogen-bond acceptors (Lipinski definition) is 3. The molecule has 0 rings (SSSR count). The molecule has 0 amide bonds. The monoisotopic (exact) mass is 192 g/mol. The van der Waals surface area contributed by atoms with E-state index in [1.165, 1.54) is 0 Å². The molecule has 0 radical (unpaired) electrons. The van der Waals surface area contributed by atoms with E-state index in [9.17, 15) is 14.0 Å². The van der Waals surface area contributed by atoms with Crippen LogP contribution in [-0.2, 0) is 14.3 Å². The number of ether oxygens (including phenoxy) is 1. The van der Waals surface area contributed by atoms with E-state index in [2.05, 4.69) is 4.74 Å². The zero-order valence-corrected chi connectivity index (χ0v) is 7.29.